The molecule has 0 radical (unpaired) electrons. The van der Waals surface area contributed by atoms with Crippen molar-refractivity contribution < 1.29 is 14.3 Å². The van der Waals surface area contributed by atoms with Gasteiger partial charge in [0.15, 0.2) is 6.23 Å². The summed E-state index contributed by atoms with van der Waals surface area (Å²) in [6.07, 6.45) is 4.29. The van der Waals surface area contributed by atoms with E-state index in [0.29, 0.717) is 12.0 Å². The van der Waals surface area contributed by atoms with Crippen molar-refractivity contribution in [3.05, 3.63) is 35.9 Å². The van der Waals surface area contributed by atoms with Gasteiger partial charge in [-0.25, -0.2) is 4.79 Å². The number of carbonyl (C=O) groups is 1. The van der Waals surface area contributed by atoms with E-state index in [1.807, 2.05) is 30.3 Å². The van der Waals surface area contributed by atoms with Crippen LogP contribution < -0.4 is 5.32 Å². The summed E-state index contributed by atoms with van der Waals surface area (Å²) in [7, 11) is 0. The van der Waals surface area contributed by atoms with E-state index in [9.17, 15) is 4.79 Å². The predicted octanol–water partition coefficient (Wildman–Crippen LogP) is 3.50. The van der Waals surface area contributed by atoms with E-state index >= 15 is 0 Å². The van der Waals surface area contributed by atoms with Crippen molar-refractivity contribution in [2.24, 2.45) is 17.8 Å². The molecule has 3 aliphatic rings. The number of nitrogens with one attached hydrogen (secondary N) is 1. The molecule has 4 nitrogen and oxygen atoms in total. The Hall–Kier alpha value is -1.26. The number of benzene rings is 1. The molecule has 1 N–H and O–H groups in total. The lowest BCUT2D eigenvalue weighted by Gasteiger charge is -2.23. The van der Waals surface area contributed by atoms with Crippen molar-refractivity contribution in [2.75, 3.05) is 0 Å². The maximum atomic E-state index is 11.8. The number of hydrogen-bond acceptors (Lipinski definition) is 4. The molecule has 1 aliphatic heterocycles. The lowest BCUT2D eigenvalue weighted by Crippen LogP contribution is -2.37. The quantitative estimate of drug-likeness (QED) is 0.865. The second-order valence-corrected chi connectivity index (χ2v) is 6.56. The molecule has 1 aromatic carbocycles. The van der Waals surface area contributed by atoms with Crippen LogP contribution in [0.2, 0.25) is 0 Å². The first-order chi connectivity index (χ1) is 10.3. The summed E-state index contributed by atoms with van der Waals surface area (Å²) in [5.74, 6) is 2.35. The Balaban J connectivity index is 0.00000144. The highest BCUT2D eigenvalue weighted by Gasteiger charge is 2.52. The Morgan fingerprint density at radius 3 is 2.68 bits per heavy atom. The normalized spacial score (nSPS) is 34.8. The van der Waals surface area contributed by atoms with Gasteiger partial charge in [-0.15, -0.1) is 12.4 Å². The fourth-order valence-electron chi connectivity index (χ4n) is 4.49. The molecule has 1 aromatic rings. The summed E-state index contributed by atoms with van der Waals surface area (Å²) in [6, 6.07) is 10.2. The first kappa shape index (κ1) is 15.6. The van der Waals surface area contributed by atoms with Gasteiger partial charge in [0.25, 0.3) is 0 Å². The van der Waals surface area contributed by atoms with E-state index in [0.717, 1.165) is 23.8 Å². The summed E-state index contributed by atoms with van der Waals surface area (Å²) in [5, 5.41) is 3.49. The van der Waals surface area contributed by atoms with Crippen LogP contribution in [0, 0.1) is 17.8 Å². The lowest BCUT2D eigenvalue weighted by molar-refractivity contribution is 0.0106. The number of ether oxygens (including phenoxy) is 2. The van der Waals surface area contributed by atoms with Gasteiger partial charge in [0.05, 0.1) is 0 Å². The monoisotopic (exact) mass is 323 g/mol. The van der Waals surface area contributed by atoms with Crippen molar-refractivity contribution in [3.8, 4) is 0 Å². The van der Waals surface area contributed by atoms with Crippen molar-refractivity contribution in [1.29, 1.82) is 0 Å². The van der Waals surface area contributed by atoms with Crippen LogP contribution in [0.4, 0.5) is 4.79 Å². The highest BCUT2D eigenvalue weighted by atomic mass is 35.5. The van der Waals surface area contributed by atoms with Gasteiger partial charge < -0.3 is 9.47 Å². The Bertz CT molecular complexity index is 506. The van der Waals surface area contributed by atoms with Crippen LogP contribution in [0.15, 0.2) is 30.3 Å². The predicted molar refractivity (Wildman–Crippen MR) is 84.6 cm³/mol. The van der Waals surface area contributed by atoms with Crippen LogP contribution in [-0.2, 0) is 16.1 Å². The summed E-state index contributed by atoms with van der Waals surface area (Å²) in [6.45, 7) is 0.268. The molecular formula is C17H22ClNO3. The third-order valence-electron chi connectivity index (χ3n) is 5.39. The van der Waals surface area contributed by atoms with Crippen molar-refractivity contribution >= 4 is 18.6 Å². The first-order valence-corrected chi connectivity index (χ1v) is 7.93. The molecule has 2 bridgehead atoms. The van der Waals surface area contributed by atoms with E-state index in [4.69, 9.17) is 9.47 Å². The molecule has 0 spiro atoms. The van der Waals surface area contributed by atoms with E-state index in [1.54, 1.807) is 0 Å². The molecule has 0 amide bonds. The number of hydrogen-bond donors (Lipinski definition) is 1. The van der Waals surface area contributed by atoms with E-state index < -0.39 is 6.16 Å². The third kappa shape index (κ3) is 2.95. The van der Waals surface area contributed by atoms with Crippen molar-refractivity contribution in [3.63, 3.8) is 0 Å². The molecule has 4 rings (SSSR count). The zero-order chi connectivity index (χ0) is 14.2. The van der Waals surface area contributed by atoms with Crippen molar-refractivity contribution in [2.45, 2.75) is 44.6 Å². The van der Waals surface area contributed by atoms with Gasteiger partial charge in [0.1, 0.15) is 6.61 Å². The zero-order valence-corrected chi connectivity index (χ0v) is 13.3. The topological polar surface area (TPSA) is 47.6 Å². The van der Waals surface area contributed by atoms with Gasteiger partial charge in [0, 0.05) is 12.5 Å². The lowest BCUT2D eigenvalue weighted by atomic mass is 9.85. The minimum Gasteiger partial charge on any atom is -0.429 e. The highest BCUT2D eigenvalue weighted by molar-refractivity contribution is 5.85. The highest BCUT2D eigenvalue weighted by Crippen LogP contribution is 2.52. The number of halogens is 1. The second-order valence-electron chi connectivity index (χ2n) is 6.56. The van der Waals surface area contributed by atoms with Crippen LogP contribution in [0.25, 0.3) is 0 Å². The Kier molecular flexibility index (Phi) is 4.59. The van der Waals surface area contributed by atoms with Crippen molar-refractivity contribution in [1.82, 2.24) is 5.32 Å². The largest absolute Gasteiger partial charge is 0.510 e. The summed E-state index contributed by atoms with van der Waals surface area (Å²) < 4.78 is 10.6. The minimum absolute atomic E-state index is 0. The van der Waals surface area contributed by atoms with E-state index in [-0.39, 0.29) is 25.2 Å². The van der Waals surface area contributed by atoms with Crippen LogP contribution >= 0.6 is 12.4 Å². The molecule has 5 atom stereocenters. The van der Waals surface area contributed by atoms with Crippen LogP contribution in [0.3, 0.4) is 0 Å². The number of carbonyl (C=O) groups excluding carboxylic acids is 1. The maximum Gasteiger partial charge on any atom is 0.510 e. The van der Waals surface area contributed by atoms with Gasteiger partial charge in [-0.1, -0.05) is 30.3 Å². The second kappa shape index (κ2) is 6.47. The molecule has 22 heavy (non-hydrogen) atoms. The molecular weight excluding hydrogens is 302 g/mol. The molecule has 3 fully saturated rings. The Morgan fingerprint density at radius 1 is 1.14 bits per heavy atom. The molecule has 5 heteroatoms. The van der Waals surface area contributed by atoms with Crippen LogP contribution in [0.1, 0.15) is 31.2 Å². The van der Waals surface area contributed by atoms with Crippen LogP contribution in [-0.4, -0.2) is 18.4 Å². The summed E-state index contributed by atoms with van der Waals surface area (Å²) >= 11 is 0. The third-order valence-corrected chi connectivity index (χ3v) is 5.39. The Morgan fingerprint density at radius 2 is 1.91 bits per heavy atom. The van der Waals surface area contributed by atoms with Crippen LogP contribution in [0.5, 0.6) is 0 Å². The standard InChI is InChI=1S/C17H21NO3.ClH/c19-17(20-10-11-4-2-1-3-5-11)21-15-9-14-12-6-7-13(8-12)16(14)18-15;/h1-5,12-16,18H,6-10H2;1H/t12-,13+,14-,15-,16+;/m0./s1. The van der Waals surface area contributed by atoms with Gasteiger partial charge in [-0.3, -0.25) is 5.32 Å². The fraction of sp³-hybridized carbons (Fsp3) is 0.588. The summed E-state index contributed by atoms with van der Waals surface area (Å²) in [5.41, 5.74) is 0.976. The summed E-state index contributed by atoms with van der Waals surface area (Å²) in [4.78, 5) is 11.8. The number of rotatable bonds is 3. The van der Waals surface area contributed by atoms with E-state index in [1.165, 1.54) is 19.3 Å². The maximum absolute atomic E-state index is 11.8. The van der Waals surface area contributed by atoms with Gasteiger partial charge >= 0.3 is 6.16 Å². The SMILES string of the molecule is Cl.O=C(OCc1ccccc1)O[C@H]1C[C@H]2[C@H]3CC[C@H](C3)[C@H]2N1. The minimum atomic E-state index is -0.566. The van der Waals surface area contributed by atoms with Gasteiger partial charge in [-0.2, -0.15) is 0 Å². The molecule has 120 valence electrons. The van der Waals surface area contributed by atoms with Gasteiger partial charge in [-0.05, 0) is 42.6 Å². The molecule has 1 heterocycles. The Labute approximate surface area is 137 Å². The smallest absolute Gasteiger partial charge is 0.429 e. The average Bonchev–Trinajstić information content (AvgIpc) is 3.18. The van der Waals surface area contributed by atoms with Gasteiger partial charge in [0.2, 0.25) is 0 Å². The first-order valence-electron chi connectivity index (χ1n) is 7.93. The molecule has 1 saturated heterocycles. The molecule has 0 aromatic heterocycles. The number of fused-ring (bicyclic) bond motifs is 5. The molecule has 0 unspecified atom stereocenters. The zero-order valence-electron chi connectivity index (χ0n) is 12.4. The fourth-order valence-corrected chi connectivity index (χ4v) is 4.49. The van der Waals surface area contributed by atoms with E-state index in [2.05, 4.69) is 5.32 Å². The molecule has 2 aliphatic carbocycles. The average molecular weight is 324 g/mol. The molecule has 2 saturated carbocycles.